The van der Waals surface area contributed by atoms with Gasteiger partial charge in [-0.1, -0.05) is 17.3 Å². The molecule has 7 nitrogen and oxygen atoms in total. The molecule has 2 heterocycles. The van der Waals surface area contributed by atoms with Crippen LogP contribution in [0.2, 0.25) is 0 Å². The molecule has 1 atom stereocenters. The first-order valence-corrected chi connectivity index (χ1v) is 8.92. The number of nitrogens with zero attached hydrogens (tertiary/aromatic N) is 3. The van der Waals surface area contributed by atoms with Crippen molar-refractivity contribution < 1.29 is 9.18 Å². The van der Waals surface area contributed by atoms with Crippen LogP contribution in [-0.2, 0) is 11.2 Å². The van der Waals surface area contributed by atoms with Crippen molar-refractivity contribution in [3.05, 3.63) is 70.4 Å². The number of hydrogen-bond donors (Lipinski definition) is 2. The minimum atomic E-state index is -0.801. The molecule has 2 aromatic carbocycles. The van der Waals surface area contributed by atoms with Crippen LogP contribution in [0.1, 0.15) is 18.5 Å². The van der Waals surface area contributed by atoms with Crippen LogP contribution < -0.4 is 10.9 Å². The molecule has 0 fully saturated rings. The number of carbonyl (C=O) groups is 1. The number of halogens is 1. The van der Waals surface area contributed by atoms with E-state index in [9.17, 15) is 14.0 Å². The number of rotatable bonds is 5. The number of H-pyrrole nitrogens is 1. The summed E-state index contributed by atoms with van der Waals surface area (Å²) < 4.78 is 14.5. The highest BCUT2D eigenvalue weighted by molar-refractivity contribution is 5.84. The number of amides is 1. The molecule has 2 aromatic heterocycles. The van der Waals surface area contributed by atoms with E-state index in [-0.39, 0.29) is 17.3 Å². The molecule has 0 radical (unpaired) electrons. The maximum Gasteiger partial charge on any atom is 0.278 e. The monoisotopic (exact) mass is 379 g/mol. The molecule has 0 bridgehead atoms. The van der Waals surface area contributed by atoms with E-state index >= 15 is 0 Å². The van der Waals surface area contributed by atoms with Crippen molar-refractivity contribution in [3.8, 4) is 0 Å². The van der Waals surface area contributed by atoms with Gasteiger partial charge in [-0.3, -0.25) is 9.59 Å². The van der Waals surface area contributed by atoms with Gasteiger partial charge in [0.2, 0.25) is 5.91 Å². The molecule has 0 unspecified atom stereocenters. The van der Waals surface area contributed by atoms with Crippen molar-refractivity contribution >= 4 is 27.7 Å². The summed E-state index contributed by atoms with van der Waals surface area (Å²) in [4.78, 5) is 28.1. The molecular formula is C20H18FN5O2. The maximum atomic E-state index is 13.5. The summed E-state index contributed by atoms with van der Waals surface area (Å²) in [7, 11) is 0. The van der Waals surface area contributed by atoms with Crippen LogP contribution in [0, 0.1) is 5.82 Å². The van der Waals surface area contributed by atoms with Gasteiger partial charge in [-0.25, -0.2) is 4.39 Å². The Labute approximate surface area is 159 Å². The topological polar surface area (TPSA) is 92.7 Å². The third-order valence-corrected chi connectivity index (χ3v) is 4.76. The molecule has 0 aliphatic carbocycles. The first-order valence-electron chi connectivity index (χ1n) is 8.92. The SMILES string of the molecule is C[C@@H](C(=O)NCCc1c[nH]c2ccc(F)cc12)n1nnc2ccccc2c1=O. The molecule has 4 aromatic rings. The Hall–Kier alpha value is -3.55. The minimum absolute atomic E-state index is 0.305. The first kappa shape index (κ1) is 17.8. The van der Waals surface area contributed by atoms with Crippen LogP contribution in [0.15, 0.2) is 53.5 Å². The summed E-state index contributed by atoms with van der Waals surface area (Å²) >= 11 is 0. The van der Waals surface area contributed by atoms with E-state index in [0.717, 1.165) is 21.1 Å². The van der Waals surface area contributed by atoms with Crippen LogP contribution in [0.25, 0.3) is 21.8 Å². The first-order chi connectivity index (χ1) is 13.5. The van der Waals surface area contributed by atoms with Gasteiger partial charge in [0.15, 0.2) is 0 Å². The lowest BCUT2D eigenvalue weighted by Gasteiger charge is -2.13. The maximum absolute atomic E-state index is 13.5. The van der Waals surface area contributed by atoms with Gasteiger partial charge in [0.25, 0.3) is 5.56 Å². The van der Waals surface area contributed by atoms with E-state index < -0.39 is 6.04 Å². The van der Waals surface area contributed by atoms with Crippen molar-refractivity contribution in [2.24, 2.45) is 0 Å². The van der Waals surface area contributed by atoms with Gasteiger partial charge < -0.3 is 10.3 Å². The lowest BCUT2D eigenvalue weighted by atomic mass is 10.1. The lowest BCUT2D eigenvalue weighted by molar-refractivity contribution is -0.124. The van der Waals surface area contributed by atoms with E-state index in [1.807, 2.05) is 0 Å². The summed E-state index contributed by atoms with van der Waals surface area (Å²) in [5.74, 6) is -0.641. The highest BCUT2D eigenvalue weighted by Gasteiger charge is 2.19. The number of aromatic nitrogens is 4. The number of aromatic amines is 1. The number of carbonyl (C=O) groups excluding carboxylic acids is 1. The van der Waals surface area contributed by atoms with Gasteiger partial charge in [-0.2, -0.15) is 4.68 Å². The van der Waals surface area contributed by atoms with Gasteiger partial charge >= 0.3 is 0 Å². The number of nitrogens with one attached hydrogen (secondary N) is 2. The minimum Gasteiger partial charge on any atom is -0.361 e. The van der Waals surface area contributed by atoms with E-state index in [1.54, 1.807) is 43.5 Å². The average molecular weight is 379 g/mol. The van der Waals surface area contributed by atoms with Crippen LogP contribution in [0.3, 0.4) is 0 Å². The molecule has 0 saturated heterocycles. The number of benzene rings is 2. The number of fused-ring (bicyclic) bond motifs is 2. The van der Waals surface area contributed by atoms with Crippen molar-refractivity contribution in [1.29, 1.82) is 0 Å². The predicted octanol–water partition coefficient (Wildman–Crippen LogP) is 2.33. The van der Waals surface area contributed by atoms with Crippen LogP contribution in [0.4, 0.5) is 4.39 Å². The summed E-state index contributed by atoms with van der Waals surface area (Å²) in [5.41, 5.74) is 1.88. The second kappa shape index (κ2) is 7.22. The van der Waals surface area contributed by atoms with Crippen molar-refractivity contribution in [3.63, 3.8) is 0 Å². The second-order valence-electron chi connectivity index (χ2n) is 6.58. The molecule has 1 amide bonds. The normalized spacial score (nSPS) is 12.4. The van der Waals surface area contributed by atoms with E-state index in [0.29, 0.717) is 23.9 Å². The third kappa shape index (κ3) is 3.24. The van der Waals surface area contributed by atoms with Gasteiger partial charge in [0, 0.05) is 23.6 Å². The number of hydrogen-bond acceptors (Lipinski definition) is 4. The van der Waals surface area contributed by atoms with Crippen molar-refractivity contribution in [2.75, 3.05) is 6.54 Å². The summed E-state index contributed by atoms with van der Waals surface area (Å²) in [6.07, 6.45) is 2.33. The molecule has 2 N–H and O–H groups in total. The van der Waals surface area contributed by atoms with Crippen LogP contribution >= 0.6 is 0 Å². The van der Waals surface area contributed by atoms with Crippen LogP contribution in [0.5, 0.6) is 0 Å². The standard InChI is InChI=1S/C20H18FN5O2/c1-12(26-20(28)15-4-2-3-5-18(15)24-25-26)19(27)22-9-8-13-11-23-17-7-6-14(21)10-16(13)17/h2-7,10-12,23H,8-9H2,1H3,(H,22,27)/t12-/m0/s1. The fraction of sp³-hybridized carbons (Fsp3) is 0.200. The highest BCUT2D eigenvalue weighted by atomic mass is 19.1. The van der Waals surface area contributed by atoms with E-state index in [4.69, 9.17) is 0 Å². The van der Waals surface area contributed by atoms with Crippen molar-refractivity contribution in [1.82, 2.24) is 25.3 Å². The highest BCUT2D eigenvalue weighted by Crippen LogP contribution is 2.19. The Balaban J connectivity index is 1.45. The quantitative estimate of drug-likeness (QED) is 0.557. The summed E-state index contributed by atoms with van der Waals surface area (Å²) in [6.45, 7) is 1.95. The molecule has 0 saturated carbocycles. The zero-order valence-electron chi connectivity index (χ0n) is 15.1. The molecule has 0 aliphatic rings. The summed E-state index contributed by atoms with van der Waals surface area (Å²) in [6, 6.07) is 10.6. The third-order valence-electron chi connectivity index (χ3n) is 4.76. The van der Waals surface area contributed by atoms with Gasteiger partial charge in [0.1, 0.15) is 17.4 Å². The van der Waals surface area contributed by atoms with Gasteiger partial charge in [0.05, 0.1) is 5.39 Å². The Morgan fingerprint density at radius 1 is 1.25 bits per heavy atom. The smallest absolute Gasteiger partial charge is 0.278 e. The van der Waals surface area contributed by atoms with Crippen molar-refractivity contribution in [2.45, 2.75) is 19.4 Å². The molecule has 142 valence electrons. The molecule has 0 spiro atoms. The van der Waals surface area contributed by atoms with E-state index in [1.165, 1.54) is 12.1 Å². The van der Waals surface area contributed by atoms with Crippen LogP contribution in [-0.4, -0.2) is 32.4 Å². The molecule has 8 heteroatoms. The van der Waals surface area contributed by atoms with E-state index in [2.05, 4.69) is 20.6 Å². The fourth-order valence-electron chi connectivity index (χ4n) is 3.19. The molecular weight excluding hydrogens is 361 g/mol. The molecule has 4 rings (SSSR count). The largest absolute Gasteiger partial charge is 0.361 e. The Bertz CT molecular complexity index is 1230. The predicted molar refractivity (Wildman–Crippen MR) is 103 cm³/mol. The van der Waals surface area contributed by atoms with Gasteiger partial charge in [-0.05, 0) is 49.2 Å². The zero-order valence-corrected chi connectivity index (χ0v) is 15.1. The van der Waals surface area contributed by atoms with Gasteiger partial charge in [-0.15, -0.1) is 5.10 Å². The second-order valence-corrected chi connectivity index (χ2v) is 6.58. The Kier molecular flexibility index (Phi) is 4.60. The Morgan fingerprint density at radius 2 is 2.07 bits per heavy atom. The average Bonchev–Trinajstić information content (AvgIpc) is 3.10. The molecule has 28 heavy (non-hydrogen) atoms. The Morgan fingerprint density at radius 3 is 2.93 bits per heavy atom. The lowest BCUT2D eigenvalue weighted by Crippen LogP contribution is -2.38. The molecule has 0 aliphatic heterocycles. The fourth-order valence-corrected chi connectivity index (χ4v) is 3.19. The zero-order chi connectivity index (χ0) is 19.7. The summed E-state index contributed by atoms with van der Waals surface area (Å²) in [5, 5.41) is 11.9.